The quantitative estimate of drug-likeness (QED) is 0.373. The summed E-state index contributed by atoms with van der Waals surface area (Å²) in [5.41, 5.74) is 0.673. The Labute approximate surface area is 180 Å². The van der Waals surface area contributed by atoms with Crippen LogP contribution in [-0.4, -0.2) is 41.8 Å². The van der Waals surface area contributed by atoms with Crippen molar-refractivity contribution in [1.82, 2.24) is 16.0 Å². The van der Waals surface area contributed by atoms with Gasteiger partial charge in [0, 0.05) is 18.9 Å². The number of amides is 3. The molecule has 1 aromatic carbocycles. The van der Waals surface area contributed by atoms with E-state index in [2.05, 4.69) is 16.0 Å². The van der Waals surface area contributed by atoms with Gasteiger partial charge >= 0.3 is 0 Å². The summed E-state index contributed by atoms with van der Waals surface area (Å²) in [6, 6.07) is 3.79. The highest BCUT2D eigenvalue weighted by Gasteiger charge is 2.34. The van der Waals surface area contributed by atoms with Crippen molar-refractivity contribution in [3.63, 3.8) is 0 Å². The van der Waals surface area contributed by atoms with E-state index in [0.29, 0.717) is 11.8 Å². The van der Waals surface area contributed by atoms with Gasteiger partial charge in [0.1, 0.15) is 17.9 Å². The molecule has 0 heterocycles. The van der Waals surface area contributed by atoms with E-state index in [1.165, 1.54) is 24.3 Å². The number of carbonyl (C=O) groups excluding carboxylic acids is 4. The van der Waals surface area contributed by atoms with E-state index in [4.69, 9.17) is 5.41 Å². The standard InChI is InChI=1S/C22H29FN4O4/c1-13(2)19(27-20(29)15-5-6-15)22(31)26-18(10-9-17(28)11-24)21(30)25-12-14-3-7-16(23)8-4-14/h3-4,7-8,11,13,15,18-19,24H,5-6,9-10,12H2,1-2H3,(H,25,30)(H,26,31)(H,27,29)/t18-,19-/m0/s1. The Bertz CT molecular complexity index is 821. The van der Waals surface area contributed by atoms with Crippen LogP contribution in [-0.2, 0) is 25.7 Å². The van der Waals surface area contributed by atoms with Crippen LogP contribution in [0.15, 0.2) is 24.3 Å². The molecule has 0 aromatic heterocycles. The lowest BCUT2D eigenvalue weighted by molar-refractivity contribution is -0.133. The topological polar surface area (TPSA) is 128 Å². The van der Waals surface area contributed by atoms with Crippen molar-refractivity contribution >= 4 is 29.7 Å². The van der Waals surface area contributed by atoms with Crippen LogP contribution in [0.5, 0.6) is 0 Å². The zero-order chi connectivity index (χ0) is 23.0. The van der Waals surface area contributed by atoms with Gasteiger partial charge in [0.05, 0.1) is 6.21 Å². The molecule has 0 bridgehead atoms. The number of rotatable bonds is 12. The third kappa shape index (κ3) is 7.92. The molecule has 0 saturated heterocycles. The fraction of sp³-hybridized carbons (Fsp3) is 0.500. The number of hydrogen-bond donors (Lipinski definition) is 4. The molecule has 31 heavy (non-hydrogen) atoms. The highest BCUT2D eigenvalue weighted by molar-refractivity contribution is 6.26. The minimum Gasteiger partial charge on any atom is -0.350 e. The van der Waals surface area contributed by atoms with Crippen LogP contribution in [0, 0.1) is 23.1 Å². The molecule has 3 amide bonds. The van der Waals surface area contributed by atoms with E-state index in [-0.39, 0.29) is 37.1 Å². The van der Waals surface area contributed by atoms with Crippen molar-refractivity contribution in [1.29, 1.82) is 5.41 Å². The molecule has 0 spiro atoms. The molecule has 1 saturated carbocycles. The van der Waals surface area contributed by atoms with Gasteiger partial charge < -0.3 is 21.4 Å². The Morgan fingerprint density at radius 3 is 2.29 bits per heavy atom. The van der Waals surface area contributed by atoms with Crippen LogP contribution in [0.3, 0.4) is 0 Å². The summed E-state index contributed by atoms with van der Waals surface area (Å²) in [4.78, 5) is 49.2. The molecule has 8 nitrogen and oxygen atoms in total. The number of ketones is 1. The van der Waals surface area contributed by atoms with E-state index < -0.39 is 35.5 Å². The first-order valence-corrected chi connectivity index (χ1v) is 10.4. The molecule has 1 aliphatic carbocycles. The Balaban J connectivity index is 2.03. The highest BCUT2D eigenvalue weighted by Crippen LogP contribution is 2.29. The molecule has 1 aromatic rings. The molecule has 0 radical (unpaired) electrons. The number of halogens is 1. The second kappa shape index (κ2) is 11.3. The maximum Gasteiger partial charge on any atom is 0.243 e. The van der Waals surface area contributed by atoms with E-state index in [9.17, 15) is 23.6 Å². The van der Waals surface area contributed by atoms with E-state index in [1.807, 2.05) is 0 Å². The van der Waals surface area contributed by atoms with Crippen LogP contribution < -0.4 is 16.0 Å². The predicted octanol–water partition coefficient (Wildman–Crippen LogP) is 1.48. The molecule has 2 rings (SSSR count). The second-order valence-electron chi connectivity index (χ2n) is 8.06. The summed E-state index contributed by atoms with van der Waals surface area (Å²) in [7, 11) is 0. The number of carbonyl (C=O) groups is 4. The zero-order valence-corrected chi connectivity index (χ0v) is 17.7. The van der Waals surface area contributed by atoms with Gasteiger partial charge in [0.2, 0.25) is 17.7 Å². The van der Waals surface area contributed by atoms with Crippen molar-refractivity contribution in [2.24, 2.45) is 11.8 Å². The van der Waals surface area contributed by atoms with Gasteiger partial charge in [-0.05, 0) is 42.9 Å². The van der Waals surface area contributed by atoms with Gasteiger partial charge in [-0.15, -0.1) is 0 Å². The zero-order valence-electron chi connectivity index (χ0n) is 17.7. The van der Waals surface area contributed by atoms with Gasteiger partial charge in [0.25, 0.3) is 0 Å². The fourth-order valence-corrected chi connectivity index (χ4v) is 2.96. The lowest BCUT2D eigenvalue weighted by Gasteiger charge is -2.25. The third-order valence-corrected chi connectivity index (χ3v) is 5.05. The maximum atomic E-state index is 13.0. The first-order chi connectivity index (χ1) is 14.7. The van der Waals surface area contributed by atoms with Crippen molar-refractivity contribution in [2.75, 3.05) is 0 Å². The van der Waals surface area contributed by atoms with Gasteiger partial charge in [0.15, 0.2) is 5.78 Å². The normalized spacial score (nSPS) is 15.0. The van der Waals surface area contributed by atoms with Crippen LogP contribution in [0.1, 0.15) is 45.1 Å². The first kappa shape index (κ1) is 24.2. The molecule has 9 heteroatoms. The Morgan fingerprint density at radius 2 is 1.74 bits per heavy atom. The maximum absolute atomic E-state index is 13.0. The minimum absolute atomic E-state index is 0.0105. The lowest BCUT2D eigenvalue weighted by atomic mass is 10.0. The molecular formula is C22H29FN4O4. The van der Waals surface area contributed by atoms with Gasteiger partial charge in [-0.1, -0.05) is 26.0 Å². The Morgan fingerprint density at radius 1 is 1.10 bits per heavy atom. The molecule has 0 aliphatic heterocycles. The van der Waals surface area contributed by atoms with Crippen molar-refractivity contribution in [2.45, 2.75) is 58.2 Å². The summed E-state index contributed by atoms with van der Waals surface area (Å²) in [5, 5.41) is 15.1. The molecule has 2 atom stereocenters. The summed E-state index contributed by atoms with van der Waals surface area (Å²) in [5.74, 6) is -2.31. The second-order valence-corrected chi connectivity index (χ2v) is 8.06. The van der Waals surface area contributed by atoms with E-state index >= 15 is 0 Å². The smallest absolute Gasteiger partial charge is 0.243 e. The summed E-state index contributed by atoms with van der Waals surface area (Å²) in [6.45, 7) is 3.70. The molecule has 1 aliphatic rings. The summed E-state index contributed by atoms with van der Waals surface area (Å²) >= 11 is 0. The van der Waals surface area contributed by atoms with E-state index in [1.54, 1.807) is 13.8 Å². The van der Waals surface area contributed by atoms with Gasteiger partial charge in [-0.2, -0.15) is 0 Å². The molecule has 1 fully saturated rings. The van der Waals surface area contributed by atoms with Crippen LogP contribution in [0.4, 0.5) is 4.39 Å². The monoisotopic (exact) mass is 432 g/mol. The van der Waals surface area contributed by atoms with Crippen molar-refractivity contribution in [3.05, 3.63) is 35.6 Å². The van der Waals surface area contributed by atoms with Crippen LogP contribution in [0.25, 0.3) is 0 Å². The summed E-state index contributed by atoms with van der Waals surface area (Å²) < 4.78 is 13.0. The summed E-state index contributed by atoms with van der Waals surface area (Å²) in [6.07, 6.45) is 2.20. The first-order valence-electron chi connectivity index (χ1n) is 10.4. The molecule has 0 unspecified atom stereocenters. The van der Waals surface area contributed by atoms with Gasteiger partial charge in [-0.25, -0.2) is 4.39 Å². The minimum atomic E-state index is -1.02. The highest BCUT2D eigenvalue weighted by atomic mass is 19.1. The molecule has 168 valence electrons. The molecule has 4 N–H and O–H groups in total. The lowest BCUT2D eigenvalue weighted by Crippen LogP contribution is -2.55. The van der Waals surface area contributed by atoms with Crippen LogP contribution in [0.2, 0.25) is 0 Å². The fourth-order valence-electron chi connectivity index (χ4n) is 2.96. The van der Waals surface area contributed by atoms with Crippen molar-refractivity contribution in [3.8, 4) is 0 Å². The third-order valence-electron chi connectivity index (χ3n) is 5.05. The van der Waals surface area contributed by atoms with E-state index in [0.717, 1.165) is 12.8 Å². The Hall–Kier alpha value is -3.10. The number of benzene rings is 1. The number of nitrogens with one attached hydrogen (secondary N) is 4. The van der Waals surface area contributed by atoms with Crippen LogP contribution >= 0.6 is 0 Å². The predicted molar refractivity (Wildman–Crippen MR) is 113 cm³/mol. The van der Waals surface area contributed by atoms with Crippen molar-refractivity contribution < 1.29 is 23.6 Å². The Kier molecular flexibility index (Phi) is 8.84. The largest absolute Gasteiger partial charge is 0.350 e. The SMILES string of the molecule is CC(C)[C@H](NC(=O)C1CC1)C(=O)N[C@@H](CCC(=O)C=N)C(=O)NCc1ccc(F)cc1. The molecular weight excluding hydrogens is 403 g/mol. The average Bonchev–Trinajstić information content (AvgIpc) is 3.58. The number of hydrogen-bond acceptors (Lipinski definition) is 5. The van der Waals surface area contributed by atoms with Gasteiger partial charge in [-0.3, -0.25) is 19.2 Å². The number of Topliss-reactive ketones (excluding diaryl/α,β-unsaturated/α-hetero) is 1. The average molecular weight is 432 g/mol.